The number of carbonyl (C=O) groups is 1. The smallest absolute Gasteiger partial charge is 0.267 e. The lowest BCUT2D eigenvalue weighted by atomic mass is 10.0. The van der Waals surface area contributed by atoms with Crippen molar-refractivity contribution in [1.82, 2.24) is 0 Å². The summed E-state index contributed by atoms with van der Waals surface area (Å²) in [5.74, 6) is -0.400. The van der Waals surface area contributed by atoms with Crippen LogP contribution in [0.4, 0.5) is 11.4 Å². The van der Waals surface area contributed by atoms with E-state index in [1.807, 2.05) is 41.3 Å². The van der Waals surface area contributed by atoms with Gasteiger partial charge in [0.05, 0.1) is 0 Å². The second kappa shape index (κ2) is 7.33. The van der Waals surface area contributed by atoms with Crippen LogP contribution >= 0.6 is 15.9 Å². The van der Waals surface area contributed by atoms with E-state index < -0.39 is 5.91 Å². The first-order valence-electron chi connectivity index (χ1n) is 7.71. The second-order valence-electron chi connectivity index (χ2n) is 5.54. The number of halogens is 1. The monoisotopic (exact) mass is 381 g/mol. The van der Waals surface area contributed by atoms with Crippen LogP contribution in [0.3, 0.4) is 0 Å². The van der Waals surface area contributed by atoms with Gasteiger partial charge in [-0.2, -0.15) is 5.26 Å². The zero-order chi connectivity index (χ0) is 16.9. The minimum atomic E-state index is -0.400. The van der Waals surface area contributed by atoms with Crippen molar-refractivity contribution in [2.24, 2.45) is 0 Å². The summed E-state index contributed by atoms with van der Waals surface area (Å²) >= 11 is 3.35. The van der Waals surface area contributed by atoms with Gasteiger partial charge in [-0.3, -0.25) is 4.79 Å². The van der Waals surface area contributed by atoms with E-state index in [4.69, 9.17) is 0 Å². The molecule has 2 aromatic rings. The minimum absolute atomic E-state index is 0.0922. The zero-order valence-corrected chi connectivity index (χ0v) is 14.6. The van der Waals surface area contributed by atoms with Gasteiger partial charge in [0.15, 0.2) is 0 Å². The van der Waals surface area contributed by atoms with Crippen molar-refractivity contribution < 1.29 is 4.79 Å². The largest absolute Gasteiger partial charge is 0.346 e. The highest BCUT2D eigenvalue weighted by Gasteiger charge is 2.17. The van der Waals surface area contributed by atoms with E-state index in [-0.39, 0.29) is 5.57 Å². The summed E-state index contributed by atoms with van der Waals surface area (Å²) in [7, 11) is 0. The highest BCUT2D eigenvalue weighted by atomic mass is 79.9. The summed E-state index contributed by atoms with van der Waals surface area (Å²) in [6.45, 7) is 0.799. The van der Waals surface area contributed by atoms with E-state index >= 15 is 0 Å². The van der Waals surface area contributed by atoms with Crippen LogP contribution in [0.2, 0.25) is 0 Å². The molecule has 0 unspecified atom stereocenters. The molecule has 3 rings (SSSR count). The van der Waals surface area contributed by atoms with Crippen LogP contribution in [-0.2, 0) is 11.2 Å². The molecule has 1 amide bonds. The molecule has 0 saturated heterocycles. The molecule has 0 atom stereocenters. The number of hydrogen-bond donors (Lipinski definition) is 1. The Hall–Kier alpha value is -2.58. The van der Waals surface area contributed by atoms with Gasteiger partial charge in [0.25, 0.3) is 5.91 Å². The van der Waals surface area contributed by atoms with Gasteiger partial charge >= 0.3 is 0 Å². The average Bonchev–Trinajstić information content (AvgIpc) is 2.61. The van der Waals surface area contributed by atoms with E-state index in [1.54, 1.807) is 18.3 Å². The Bertz CT molecular complexity index is 821. The number of carbonyl (C=O) groups excluding carboxylic acids is 1. The molecule has 4 nitrogen and oxygen atoms in total. The van der Waals surface area contributed by atoms with Gasteiger partial charge in [-0.05, 0) is 48.7 Å². The number of anilines is 2. The van der Waals surface area contributed by atoms with Gasteiger partial charge in [0, 0.05) is 28.6 Å². The van der Waals surface area contributed by atoms with E-state index in [2.05, 4.69) is 27.3 Å². The van der Waals surface area contributed by atoms with Crippen LogP contribution in [0.15, 0.2) is 64.8 Å². The maximum Gasteiger partial charge on any atom is 0.267 e. The van der Waals surface area contributed by atoms with Gasteiger partial charge in [0.2, 0.25) is 0 Å². The second-order valence-corrected chi connectivity index (χ2v) is 6.46. The van der Waals surface area contributed by atoms with Crippen molar-refractivity contribution in [3.8, 4) is 6.07 Å². The van der Waals surface area contributed by atoms with Crippen LogP contribution in [0.5, 0.6) is 0 Å². The molecule has 0 spiro atoms. The Morgan fingerprint density at radius 2 is 1.96 bits per heavy atom. The quantitative estimate of drug-likeness (QED) is 0.638. The number of fused-ring (bicyclic) bond motifs is 1. The maximum absolute atomic E-state index is 12.4. The first-order chi connectivity index (χ1) is 11.7. The molecule has 24 heavy (non-hydrogen) atoms. The minimum Gasteiger partial charge on any atom is -0.346 e. The standard InChI is InChI=1S/C19H16BrN3O/c20-16-7-9-17(10-8-16)22-19(24)15(12-21)13-23-11-3-5-14-4-1-2-6-18(14)23/h1-2,4,6-10,13H,3,5,11H2,(H,22,24)/b15-13-. The molecule has 1 aliphatic rings. The Morgan fingerprint density at radius 3 is 2.71 bits per heavy atom. The van der Waals surface area contributed by atoms with Crippen LogP contribution in [-0.4, -0.2) is 12.5 Å². The molecule has 0 aromatic heterocycles. The van der Waals surface area contributed by atoms with Crippen molar-refractivity contribution in [2.75, 3.05) is 16.8 Å². The number of nitrogens with one attached hydrogen (secondary N) is 1. The van der Waals surface area contributed by atoms with E-state index in [0.29, 0.717) is 5.69 Å². The summed E-state index contributed by atoms with van der Waals surface area (Å²) in [5, 5.41) is 12.1. The molecule has 0 bridgehead atoms. The Kier molecular flexibility index (Phi) is 4.97. The zero-order valence-electron chi connectivity index (χ0n) is 13.0. The lowest BCUT2D eigenvalue weighted by Crippen LogP contribution is -2.26. The third kappa shape index (κ3) is 3.66. The first kappa shape index (κ1) is 16.3. The fourth-order valence-corrected chi connectivity index (χ4v) is 2.99. The van der Waals surface area contributed by atoms with Crippen molar-refractivity contribution in [3.05, 3.63) is 70.3 Å². The van der Waals surface area contributed by atoms with E-state index in [9.17, 15) is 10.1 Å². The van der Waals surface area contributed by atoms with Crippen LogP contribution < -0.4 is 10.2 Å². The third-order valence-corrected chi connectivity index (χ3v) is 4.43. The number of rotatable bonds is 3. The molecule has 5 heteroatoms. The molecular weight excluding hydrogens is 366 g/mol. The Morgan fingerprint density at radius 1 is 1.21 bits per heavy atom. The van der Waals surface area contributed by atoms with Crippen LogP contribution in [0.25, 0.3) is 0 Å². The van der Waals surface area contributed by atoms with Crippen LogP contribution in [0.1, 0.15) is 12.0 Å². The highest BCUT2D eigenvalue weighted by molar-refractivity contribution is 9.10. The number of hydrogen-bond acceptors (Lipinski definition) is 3. The van der Waals surface area contributed by atoms with Crippen molar-refractivity contribution in [1.29, 1.82) is 5.26 Å². The summed E-state index contributed by atoms with van der Waals surface area (Å²) in [6.07, 6.45) is 3.67. The number of nitriles is 1. The lowest BCUT2D eigenvalue weighted by molar-refractivity contribution is -0.112. The molecule has 1 heterocycles. The van der Waals surface area contributed by atoms with Crippen molar-refractivity contribution in [2.45, 2.75) is 12.8 Å². The molecule has 120 valence electrons. The fourth-order valence-electron chi connectivity index (χ4n) is 2.72. The Balaban J connectivity index is 1.81. The fraction of sp³-hybridized carbons (Fsp3) is 0.158. The van der Waals surface area contributed by atoms with E-state index in [0.717, 1.165) is 29.5 Å². The Labute approximate surface area is 149 Å². The molecule has 0 fully saturated rings. The summed E-state index contributed by atoms with van der Waals surface area (Å²) in [5.41, 5.74) is 3.05. The van der Waals surface area contributed by atoms with Crippen molar-refractivity contribution >= 4 is 33.2 Å². The summed E-state index contributed by atoms with van der Waals surface area (Å²) in [6, 6.07) is 17.3. The van der Waals surface area contributed by atoms with Crippen molar-refractivity contribution in [3.63, 3.8) is 0 Å². The highest BCUT2D eigenvalue weighted by Crippen LogP contribution is 2.27. The topological polar surface area (TPSA) is 56.1 Å². The summed E-state index contributed by atoms with van der Waals surface area (Å²) in [4.78, 5) is 14.4. The molecule has 2 aromatic carbocycles. The SMILES string of the molecule is N#C/C(=C/N1CCCc2ccccc21)C(=O)Nc1ccc(Br)cc1. The van der Waals surface area contributed by atoms with E-state index in [1.165, 1.54) is 5.56 Å². The molecule has 1 aliphatic heterocycles. The summed E-state index contributed by atoms with van der Waals surface area (Å²) < 4.78 is 0.932. The normalized spacial score (nSPS) is 13.8. The van der Waals surface area contributed by atoms with Gasteiger partial charge < -0.3 is 10.2 Å². The van der Waals surface area contributed by atoms with Crippen LogP contribution in [0, 0.1) is 11.3 Å². The first-order valence-corrected chi connectivity index (χ1v) is 8.50. The molecular formula is C19H16BrN3O. The predicted molar refractivity (Wildman–Crippen MR) is 98.6 cm³/mol. The van der Waals surface area contributed by atoms with Gasteiger partial charge in [-0.15, -0.1) is 0 Å². The predicted octanol–water partition coefficient (Wildman–Crippen LogP) is 4.25. The molecule has 0 aliphatic carbocycles. The molecule has 0 saturated carbocycles. The average molecular weight is 382 g/mol. The van der Waals surface area contributed by atoms with Gasteiger partial charge in [-0.25, -0.2) is 0 Å². The van der Waals surface area contributed by atoms with Gasteiger partial charge in [-0.1, -0.05) is 34.1 Å². The molecule has 1 N–H and O–H groups in total. The number of nitrogens with zero attached hydrogens (tertiary/aromatic N) is 2. The number of amides is 1. The number of para-hydroxylation sites is 1. The number of aryl methyl sites for hydroxylation is 1. The maximum atomic E-state index is 12.4. The number of benzene rings is 2. The lowest BCUT2D eigenvalue weighted by Gasteiger charge is -2.28. The molecule has 0 radical (unpaired) electrons. The third-order valence-electron chi connectivity index (χ3n) is 3.90. The van der Waals surface area contributed by atoms with Gasteiger partial charge in [0.1, 0.15) is 11.6 Å².